The standard InChI is InChI=1S/C30H58N2O6Si4/c1-10-26(2)32-28-21-19-20-27(24-28)29(25-31)30(33)34-22-17-15-13-11-12-14-16-18-23-42(9)37-40(5,6)35-39(3,4)36-41(7,8)38-42/h24,26,32H,10-23H2,1-9H3/b29-27-. The second-order valence-corrected chi connectivity index (χ2v) is 27.9. The molecule has 1 aliphatic carbocycles. The summed E-state index contributed by atoms with van der Waals surface area (Å²) in [7, 11) is -9.20. The molecule has 2 rings (SSSR count). The summed E-state index contributed by atoms with van der Waals surface area (Å²) in [6.45, 7) is 19.5. The number of carbonyl (C=O) groups excluding carboxylic acids is 1. The van der Waals surface area contributed by atoms with Gasteiger partial charge in [-0.1, -0.05) is 51.9 Å². The predicted molar refractivity (Wildman–Crippen MR) is 179 cm³/mol. The van der Waals surface area contributed by atoms with E-state index in [1.807, 2.05) is 6.08 Å². The average Bonchev–Trinajstić information content (AvgIpc) is 2.84. The van der Waals surface area contributed by atoms with E-state index in [4.69, 9.17) is 21.2 Å². The Morgan fingerprint density at radius 1 is 0.881 bits per heavy atom. The third-order valence-electron chi connectivity index (χ3n) is 7.59. The van der Waals surface area contributed by atoms with Crippen molar-refractivity contribution in [2.45, 2.75) is 149 Å². The fourth-order valence-corrected chi connectivity index (χ4v) is 27.7. The summed E-state index contributed by atoms with van der Waals surface area (Å²) in [5.74, 6) is -0.482. The maximum atomic E-state index is 12.6. The molecule has 12 heteroatoms. The molecule has 1 fully saturated rings. The molecule has 1 heterocycles. The van der Waals surface area contributed by atoms with E-state index in [1.54, 1.807) is 0 Å². The summed E-state index contributed by atoms with van der Waals surface area (Å²) in [6, 6.07) is 3.45. The maximum Gasteiger partial charge on any atom is 0.349 e. The third kappa shape index (κ3) is 13.7. The highest BCUT2D eigenvalue weighted by Crippen LogP contribution is 2.33. The number of allylic oxidation sites excluding steroid dienone is 3. The third-order valence-corrected chi connectivity index (χ3v) is 24.1. The largest absolute Gasteiger partial charge is 0.462 e. The van der Waals surface area contributed by atoms with Crippen molar-refractivity contribution in [1.29, 1.82) is 5.26 Å². The van der Waals surface area contributed by atoms with E-state index in [-0.39, 0.29) is 5.57 Å². The van der Waals surface area contributed by atoms with E-state index in [0.717, 1.165) is 68.7 Å². The van der Waals surface area contributed by atoms with Crippen LogP contribution in [0.3, 0.4) is 0 Å². The molecule has 0 aromatic rings. The predicted octanol–water partition coefficient (Wildman–Crippen LogP) is 8.18. The monoisotopic (exact) mass is 654 g/mol. The quantitative estimate of drug-likeness (QED) is 0.0621. The first-order chi connectivity index (χ1) is 19.6. The molecule has 42 heavy (non-hydrogen) atoms. The molecule has 1 atom stereocenters. The summed E-state index contributed by atoms with van der Waals surface area (Å²) >= 11 is 0. The van der Waals surface area contributed by atoms with E-state index >= 15 is 0 Å². The number of esters is 1. The summed E-state index contributed by atoms with van der Waals surface area (Å²) in [6.07, 6.45) is 14.5. The van der Waals surface area contributed by atoms with Gasteiger partial charge in [-0.15, -0.1) is 0 Å². The molecule has 1 aliphatic heterocycles. The fraction of sp³-hybridized carbons (Fsp3) is 0.800. The molecule has 240 valence electrons. The van der Waals surface area contributed by atoms with Crippen molar-refractivity contribution >= 4 is 40.2 Å². The first kappa shape index (κ1) is 37.1. The fourth-order valence-electron chi connectivity index (χ4n) is 6.06. The Labute approximate surface area is 260 Å². The molecule has 0 aromatic carbocycles. The van der Waals surface area contributed by atoms with Gasteiger partial charge in [0, 0.05) is 11.7 Å². The second-order valence-electron chi connectivity index (χ2n) is 13.4. The lowest BCUT2D eigenvalue weighted by molar-refractivity contribution is -0.138. The van der Waals surface area contributed by atoms with E-state index in [0.29, 0.717) is 12.6 Å². The van der Waals surface area contributed by atoms with Crippen molar-refractivity contribution in [3.63, 3.8) is 0 Å². The zero-order valence-electron chi connectivity index (χ0n) is 28.0. The normalized spacial score (nSPS) is 23.0. The molecule has 0 saturated carbocycles. The maximum absolute atomic E-state index is 12.6. The molecule has 0 amide bonds. The molecule has 1 unspecified atom stereocenters. The van der Waals surface area contributed by atoms with Gasteiger partial charge in [0.2, 0.25) is 0 Å². The van der Waals surface area contributed by atoms with Gasteiger partial charge in [-0.05, 0) is 103 Å². The Bertz CT molecular complexity index is 971. The first-order valence-electron chi connectivity index (χ1n) is 16.2. The molecule has 0 radical (unpaired) electrons. The van der Waals surface area contributed by atoms with Crippen LogP contribution in [-0.4, -0.2) is 52.9 Å². The summed E-state index contributed by atoms with van der Waals surface area (Å²) < 4.78 is 31.7. The molecule has 0 aromatic heterocycles. The van der Waals surface area contributed by atoms with Crippen LogP contribution in [0.2, 0.25) is 51.9 Å². The Morgan fingerprint density at radius 3 is 1.95 bits per heavy atom. The topological polar surface area (TPSA) is 99.0 Å². The zero-order chi connectivity index (χ0) is 31.4. The van der Waals surface area contributed by atoms with Crippen molar-refractivity contribution in [1.82, 2.24) is 5.32 Å². The number of nitrogens with zero attached hydrogens (tertiary/aromatic N) is 1. The van der Waals surface area contributed by atoms with E-state index in [1.165, 1.54) is 25.7 Å². The molecule has 0 bridgehead atoms. The lowest BCUT2D eigenvalue weighted by Gasteiger charge is -2.47. The highest BCUT2D eigenvalue weighted by atomic mass is 28.5. The van der Waals surface area contributed by atoms with Gasteiger partial charge in [0.05, 0.1) is 6.61 Å². The van der Waals surface area contributed by atoms with Crippen LogP contribution < -0.4 is 5.32 Å². The number of nitriles is 1. The van der Waals surface area contributed by atoms with Crippen LogP contribution in [0.25, 0.3) is 0 Å². The van der Waals surface area contributed by atoms with Gasteiger partial charge < -0.3 is 26.5 Å². The van der Waals surface area contributed by atoms with Crippen LogP contribution in [0.1, 0.15) is 90.9 Å². The van der Waals surface area contributed by atoms with Gasteiger partial charge in [0.15, 0.2) is 0 Å². The Hall–Kier alpha value is -1.05. The van der Waals surface area contributed by atoms with Crippen molar-refractivity contribution in [2.75, 3.05) is 6.61 Å². The number of unbranched alkanes of at least 4 members (excludes halogenated alkanes) is 7. The number of hydrogen-bond donors (Lipinski definition) is 1. The van der Waals surface area contributed by atoms with Crippen LogP contribution in [0.15, 0.2) is 22.9 Å². The van der Waals surface area contributed by atoms with Crippen molar-refractivity contribution in [3.05, 3.63) is 22.9 Å². The number of carbonyl (C=O) groups is 1. The smallest absolute Gasteiger partial charge is 0.349 e. The number of ether oxygens (including phenoxy) is 1. The number of rotatable bonds is 15. The van der Waals surface area contributed by atoms with E-state index in [2.05, 4.69) is 71.1 Å². The Kier molecular flexibility index (Phi) is 14.9. The highest BCUT2D eigenvalue weighted by Gasteiger charge is 2.52. The number of nitrogens with one attached hydrogen (secondary N) is 1. The van der Waals surface area contributed by atoms with E-state index < -0.39 is 40.2 Å². The minimum Gasteiger partial charge on any atom is -0.462 e. The van der Waals surface area contributed by atoms with Crippen LogP contribution in [0.5, 0.6) is 0 Å². The van der Waals surface area contributed by atoms with Gasteiger partial charge in [0.25, 0.3) is 0 Å². The second kappa shape index (κ2) is 16.9. The van der Waals surface area contributed by atoms with Gasteiger partial charge in [0.1, 0.15) is 11.6 Å². The van der Waals surface area contributed by atoms with Gasteiger partial charge in [-0.25, -0.2) is 4.79 Å². The molecule has 2 aliphatic rings. The average molecular weight is 655 g/mol. The van der Waals surface area contributed by atoms with Crippen LogP contribution in [0.4, 0.5) is 0 Å². The van der Waals surface area contributed by atoms with E-state index in [9.17, 15) is 10.1 Å². The highest BCUT2D eigenvalue weighted by molar-refractivity contribution is 6.93. The molecule has 1 N–H and O–H groups in total. The van der Waals surface area contributed by atoms with Crippen molar-refractivity contribution in [3.8, 4) is 6.07 Å². The van der Waals surface area contributed by atoms with Crippen molar-refractivity contribution in [2.24, 2.45) is 0 Å². The first-order valence-corrected chi connectivity index (χ1v) is 27.1. The van der Waals surface area contributed by atoms with Crippen molar-refractivity contribution < 1.29 is 26.0 Å². The number of hydrogen-bond acceptors (Lipinski definition) is 8. The lowest BCUT2D eigenvalue weighted by atomic mass is 9.95. The summed E-state index contributed by atoms with van der Waals surface area (Å²) in [4.78, 5) is 12.6. The lowest BCUT2D eigenvalue weighted by Crippen LogP contribution is -2.64. The Balaban J connectivity index is 1.63. The summed E-state index contributed by atoms with van der Waals surface area (Å²) in [5.41, 5.74) is 2.07. The molecule has 0 spiro atoms. The zero-order valence-corrected chi connectivity index (χ0v) is 32.0. The Morgan fingerprint density at radius 2 is 1.40 bits per heavy atom. The van der Waals surface area contributed by atoms with Gasteiger partial charge >= 0.3 is 40.2 Å². The molecular formula is C30H58N2O6Si4. The van der Waals surface area contributed by atoms with Gasteiger partial charge in [-0.3, -0.25) is 0 Å². The van der Waals surface area contributed by atoms with Crippen LogP contribution in [-0.2, 0) is 26.0 Å². The SMILES string of the molecule is CCC(C)NC1=C/C(=C(/C#N)C(=O)OCCCCCCCCCC[Si]2(C)O[Si](C)(C)O[Si](C)(C)O[Si](C)(C)O2)CCC1. The van der Waals surface area contributed by atoms with Gasteiger partial charge in [-0.2, -0.15) is 5.26 Å². The molecular weight excluding hydrogens is 597 g/mol. The minimum atomic E-state index is -2.36. The summed E-state index contributed by atoms with van der Waals surface area (Å²) in [5, 5.41) is 13.1. The van der Waals surface area contributed by atoms with Crippen LogP contribution in [0, 0.1) is 11.3 Å². The molecule has 1 saturated heterocycles. The minimum absolute atomic E-state index is 0.160. The van der Waals surface area contributed by atoms with Crippen LogP contribution >= 0.6 is 0 Å². The molecule has 8 nitrogen and oxygen atoms in total.